The van der Waals surface area contributed by atoms with Gasteiger partial charge < -0.3 is 0 Å². The van der Waals surface area contributed by atoms with Gasteiger partial charge in [0.15, 0.2) is 0 Å². The molecule has 0 bridgehead atoms. The molecule has 0 saturated heterocycles. The van der Waals surface area contributed by atoms with Crippen LogP contribution in [0.15, 0.2) is 0 Å². The van der Waals surface area contributed by atoms with Gasteiger partial charge in [-0.05, 0) is 0 Å². The van der Waals surface area contributed by atoms with Crippen molar-refractivity contribution in [3.05, 3.63) is 0 Å². The fourth-order valence-electron chi connectivity index (χ4n) is 0. The molecule has 26 valence electrons. The van der Waals surface area contributed by atoms with Gasteiger partial charge in [-0.1, -0.05) is 0 Å². The van der Waals surface area contributed by atoms with E-state index in [1.807, 2.05) is 0 Å². The van der Waals surface area contributed by atoms with Gasteiger partial charge in [-0.25, -0.2) is 0 Å². The van der Waals surface area contributed by atoms with E-state index in [9.17, 15) is 0 Å². The molecule has 0 aromatic heterocycles. The van der Waals surface area contributed by atoms with Gasteiger partial charge >= 0.3 is 54.0 Å². The first kappa shape index (κ1) is 9.48. The van der Waals surface area contributed by atoms with Crippen molar-refractivity contribution in [2.75, 3.05) is 0 Å². The van der Waals surface area contributed by atoms with Gasteiger partial charge in [0, 0.05) is 0 Å². The van der Waals surface area contributed by atoms with Crippen molar-refractivity contribution in [1.29, 1.82) is 0 Å². The van der Waals surface area contributed by atoms with Crippen LogP contribution < -0.4 is 8.38 Å². The molecule has 0 atom stereocenters. The van der Waals surface area contributed by atoms with E-state index in [1.165, 1.54) is 0 Å². The van der Waals surface area contributed by atoms with Crippen LogP contribution in [0.25, 0.3) is 0 Å². The van der Waals surface area contributed by atoms with Gasteiger partial charge in [0.05, 0.1) is 0 Å². The second-order valence-electron chi connectivity index (χ2n) is 0.204. The molecule has 0 fully saturated rings. The second kappa shape index (κ2) is 5.16. The Bertz CT molecular complexity index is 29.9. The molecule has 0 radical (unpaired) electrons. The van der Waals surface area contributed by atoms with Crippen LogP contribution in [0, 0.1) is 0 Å². The van der Waals surface area contributed by atoms with E-state index in [1.54, 1.807) is 0 Å². The average Bonchev–Trinajstić information content (AvgIpc) is 0.811. The zero-order valence-electron chi connectivity index (χ0n) is 2.34. The Labute approximate surface area is 53.9 Å². The quantitative estimate of drug-likeness (QED) is 0.427. The molecule has 0 unspecified atom stereocenters. The van der Waals surface area contributed by atoms with E-state index in [0.29, 0.717) is 0 Å². The Morgan fingerprint density at radius 2 is 1.40 bits per heavy atom. The molecular formula is CdO3Se. The van der Waals surface area contributed by atoms with Crippen LogP contribution in [-0.2, 0) is 31.1 Å². The summed E-state index contributed by atoms with van der Waals surface area (Å²) in [5.74, 6) is 0. The summed E-state index contributed by atoms with van der Waals surface area (Å²) < 4.78 is 25.6. The van der Waals surface area contributed by atoms with Crippen LogP contribution >= 0.6 is 0 Å². The van der Waals surface area contributed by atoms with E-state index in [-0.39, 0.29) is 27.3 Å². The molecule has 0 aliphatic rings. The van der Waals surface area contributed by atoms with Gasteiger partial charge in [-0.15, -0.1) is 0 Å². The fourth-order valence-corrected chi connectivity index (χ4v) is 0. The zero-order chi connectivity index (χ0) is 3.58. The Kier molecular flexibility index (Phi) is 9.78. The van der Waals surface area contributed by atoms with E-state index in [2.05, 4.69) is 0 Å². The van der Waals surface area contributed by atoms with Crippen LogP contribution in [0.3, 0.4) is 0 Å². The summed E-state index contributed by atoms with van der Waals surface area (Å²) in [6, 6.07) is 0. The molecule has 0 heterocycles. The van der Waals surface area contributed by atoms with Gasteiger partial charge in [-0.3, -0.25) is 0 Å². The summed E-state index contributed by atoms with van der Waals surface area (Å²) in [7, 11) is 0. The van der Waals surface area contributed by atoms with Crippen molar-refractivity contribution in [1.82, 2.24) is 0 Å². The van der Waals surface area contributed by atoms with E-state index in [0.717, 1.165) is 0 Å². The SMILES string of the molecule is O=[Se]([O-])[O-].[Cd+2]. The van der Waals surface area contributed by atoms with E-state index in [4.69, 9.17) is 12.2 Å². The second-order valence-corrected chi connectivity index (χ2v) is 1.06. The van der Waals surface area contributed by atoms with Crippen LogP contribution in [0.4, 0.5) is 0 Å². The van der Waals surface area contributed by atoms with Crippen molar-refractivity contribution in [3.8, 4) is 0 Å². The minimum atomic E-state index is -3.79. The van der Waals surface area contributed by atoms with Gasteiger partial charge in [0.2, 0.25) is 0 Å². The Balaban J connectivity index is 0. The minimum absolute atomic E-state index is 0. The molecular weight excluding hydrogens is 239 g/mol. The summed E-state index contributed by atoms with van der Waals surface area (Å²) in [5.41, 5.74) is 0. The van der Waals surface area contributed by atoms with Crippen LogP contribution in [-0.4, -0.2) is 14.5 Å². The van der Waals surface area contributed by atoms with Crippen LogP contribution in [0.1, 0.15) is 0 Å². The molecule has 0 rings (SSSR count). The van der Waals surface area contributed by atoms with Crippen LogP contribution in [0.5, 0.6) is 0 Å². The van der Waals surface area contributed by atoms with Crippen molar-refractivity contribution in [2.45, 2.75) is 0 Å². The molecule has 0 aromatic rings. The maximum Gasteiger partial charge on any atom is 2.00 e. The molecule has 0 N–H and O–H groups in total. The molecule has 0 spiro atoms. The normalized spacial score (nSPS) is 7.00. The smallest absolute Gasteiger partial charge is 2.00 e. The third-order valence-corrected chi connectivity index (χ3v) is 0. The maximum absolute atomic E-state index is 8.54. The van der Waals surface area contributed by atoms with Crippen molar-refractivity contribution in [2.24, 2.45) is 0 Å². The Morgan fingerprint density at radius 1 is 1.40 bits per heavy atom. The predicted molar refractivity (Wildman–Crippen MR) is 6.44 cm³/mol. The first-order valence-electron chi connectivity index (χ1n) is 0.500. The first-order chi connectivity index (χ1) is 1.73. The summed E-state index contributed by atoms with van der Waals surface area (Å²) in [5, 5.41) is 0. The van der Waals surface area contributed by atoms with Gasteiger partial charge in [-0.2, -0.15) is 0 Å². The molecule has 5 heavy (non-hydrogen) atoms. The standard InChI is InChI=1S/Cd.H2O3Se/c;1-4(2)3/h;(H2,1,2,3)/q+2;/p-2. The molecule has 0 aromatic carbocycles. The summed E-state index contributed by atoms with van der Waals surface area (Å²) >= 11 is -3.79. The van der Waals surface area contributed by atoms with Gasteiger partial charge in [0.25, 0.3) is 0 Å². The third kappa shape index (κ3) is 38.2. The summed E-state index contributed by atoms with van der Waals surface area (Å²) in [6.07, 6.45) is 0. The largest absolute Gasteiger partial charge is 2.00 e. The average molecular weight is 239 g/mol. The third-order valence-electron chi connectivity index (χ3n) is 0. The molecule has 0 saturated carbocycles. The number of rotatable bonds is 0. The topological polar surface area (TPSA) is 63.2 Å². The molecule has 0 aliphatic carbocycles. The Morgan fingerprint density at radius 3 is 1.40 bits per heavy atom. The van der Waals surface area contributed by atoms with Crippen molar-refractivity contribution >= 4 is 14.5 Å². The first-order valence-corrected chi connectivity index (χ1v) is 2.60. The summed E-state index contributed by atoms with van der Waals surface area (Å²) in [6.45, 7) is 0. The minimum Gasteiger partial charge on any atom is 2.00 e. The van der Waals surface area contributed by atoms with Gasteiger partial charge in [0.1, 0.15) is 0 Å². The molecule has 0 aliphatic heterocycles. The molecule has 5 heteroatoms. The molecule has 3 nitrogen and oxygen atoms in total. The number of hydrogen-bond acceptors (Lipinski definition) is 3. The maximum atomic E-state index is 8.54. The van der Waals surface area contributed by atoms with Crippen molar-refractivity contribution in [3.63, 3.8) is 0 Å². The molecule has 0 amide bonds. The van der Waals surface area contributed by atoms with Crippen molar-refractivity contribution < 1.29 is 39.5 Å². The zero-order valence-corrected chi connectivity index (χ0v) is 8.09. The predicted octanol–water partition coefficient (Wildman–Crippen LogP) is -2.88. The monoisotopic (exact) mass is 242 g/mol. The fraction of sp³-hybridized carbons (Fsp3) is 0. The summed E-state index contributed by atoms with van der Waals surface area (Å²) in [4.78, 5) is 0. The van der Waals surface area contributed by atoms with E-state index < -0.39 is 14.5 Å². The van der Waals surface area contributed by atoms with E-state index >= 15 is 0 Å². The number of hydrogen-bond donors (Lipinski definition) is 0. The Hall–Kier alpha value is 1.16. The van der Waals surface area contributed by atoms with Crippen LogP contribution in [0.2, 0.25) is 0 Å².